The van der Waals surface area contributed by atoms with Gasteiger partial charge < -0.3 is 9.64 Å². The number of para-hydroxylation sites is 1. The molecule has 2 aliphatic rings. The molecule has 4 heterocycles. The second-order valence-corrected chi connectivity index (χ2v) is 13.0. The van der Waals surface area contributed by atoms with Crippen LogP contribution in [-0.2, 0) is 22.6 Å². The third-order valence-corrected chi connectivity index (χ3v) is 9.98. The van der Waals surface area contributed by atoms with E-state index in [4.69, 9.17) is 4.74 Å². The van der Waals surface area contributed by atoms with Gasteiger partial charge in [0.05, 0.1) is 16.6 Å². The number of amides is 4. The van der Waals surface area contributed by atoms with Crippen molar-refractivity contribution in [2.75, 3.05) is 44.2 Å². The van der Waals surface area contributed by atoms with Crippen LogP contribution in [0.5, 0.6) is 11.5 Å². The van der Waals surface area contributed by atoms with E-state index < -0.39 is 5.82 Å². The number of piperazine rings is 1. The highest BCUT2D eigenvalue weighted by Crippen LogP contribution is 2.39. The van der Waals surface area contributed by atoms with E-state index in [1.54, 1.807) is 30.2 Å². The number of hydrogen-bond acceptors (Lipinski definition) is 7. The predicted molar refractivity (Wildman–Crippen MR) is 184 cm³/mol. The first-order chi connectivity index (χ1) is 23.3. The summed E-state index contributed by atoms with van der Waals surface area (Å²) in [5.74, 6) is -0.322. The lowest BCUT2D eigenvalue weighted by atomic mass is 10.1. The number of urea groups is 1. The first kappa shape index (κ1) is 31.5. The van der Waals surface area contributed by atoms with Gasteiger partial charge in [-0.3, -0.25) is 29.3 Å². The van der Waals surface area contributed by atoms with Crippen molar-refractivity contribution in [2.24, 2.45) is 0 Å². The average molecular weight is 664 g/mol. The van der Waals surface area contributed by atoms with Crippen molar-refractivity contribution < 1.29 is 23.5 Å². The van der Waals surface area contributed by atoms with Gasteiger partial charge in [0.15, 0.2) is 11.6 Å². The van der Waals surface area contributed by atoms with Gasteiger partial charge in [0, 0.05) is 75.6 Å². The number of rotatable bonds is 8. The maximum absolute atomic E-state index is 15.3. The number of ether oxygens (including phenoxy) is 1. The molecule has 2 aliphatic heterocycles. The first-order valence-electron chi connectivity index (χ1n) is 15.9. The van der Waals surface area contributed by atoms with Gasteiger partial charge in [-0.1, -0.05) is 48.5 Å². The molecule has 0 spiro atoms. The zero-order valence-corrected chi connectivity index (χ0v) is 27.3. The topological polar surface area (TPSA) is 86.3 Å². The van der Waals surface area contributed by atoms with Crippen LogP contribution in [0.3, 0.4) is 0 Å². The number of halogens is 1. The van der Waals surface area contributed by atoms with E-state index in [0.717, 1.165) is 59.1 Å². The molecule has 2 aromatic heterocycles. The number of anilines is 1. The first-order valence-corrected chi connectivity index (χ1v) is 16.7. The Balaban J connectivity index is 0.998. The van der Waals surface area contributed by atoms with Crippen LogP contribution in [0, 0.1) is 5.82 Å². The van der Waals surface area contributed by atoms with Gasteiger partial charge in [0.2, 0.25) is 11.8 Å². The monoisotopic (exact) mass is 663 g/mol. The number of benzene rings is 3. The minimum atomic E-state index is -0.598. The van der Waals surface area contributed by atoms with E-state index in [1.807, 2.05) is 41.3 Å². The molecule has 0 aliphatic carbocycles. The Hall–Kier alpha value is -5.13. The number of nitrogens with zero attached hydrogens (tertiary/aromatic N) is 5. The Morgan fingerprint density at radius 2 is 1.60 bits per heavy atom. The lowest BCUT2D eigenvalue weighted by Crippen LogP contribution is -2.47. The fourth-order valence-electron chi connectivity index (χ4n) is 6.13. The van der Waals surface area contributed by atoms with Crippen LogP contribution < -0.4 is 9.64 Å². The molecule has 4 amide bonds. The zero-order valence-electron chi connectivity index (χ0n) is 26.5. The SMILES string of the molecule is CC(=O)N1CCN(Cc2ccc(-c3cc4nccc(Oc5ccc(CC(=O)N6CCN(c7ccccc7)C6=O)cc5F)c4s3)cc2)CC1. The molecule has 3 aromatic carbocycles. The normalized spacial score (nSPS) is 15.4. The molecule has 9 nitrogen and oxygen atoms in total. The van der Waals surface area contributed by atoms with Crippen molar-refractivity contribution in [1.82, 2.24) is 19.7 Å². The van der Waals surface area contributed by atoms with Crippen molar-refractivity contribution in [3.8, 4) is 21.9 Å². The molecule has 2 saturated heterocycles. The molecule has 0 radical (unpaired) electrons. The third-order valence-electron chi connectivity index (χ3n) is 8.79. The van der Waals surface area contributed by atoms with Crippen LogP contribution in [0.4, 0.5) is 14.9 Å². The minimum absolute atomic E-state index is 0.0367. The lowest BCUT2D eigenvalue weighted by Gasteiger charge is -2.34. The van der Waals surface area contributed by atoms with Crippen LogP contribution in [0.2, 0.25) is 0 Å². The molecular weight excluding hydrogens is 630 g/mol. The van der Waals surface area contributed by atoms with Crippen LogP contribution in [0.25, 0.3) is 20.7 Å². The number of fused-ring (bicyclic) bond motifs is 1. The Morgan fingerprint density at radius 3 is 2.33 bits per heavy atom. The van der Waals surface area contributed by atoms with Crippen LogP contribution in [-0.4, -0.2) is 76.8 Å². The van der Waals surface area contributed by atoms with Crippen molar-refractivity contribution in [1.29, 1.82) is 0 Å². The summed E-state index contributed by atoms with van der Waals surface area (Å²) in [6, 6.07) is 25.5. The highest BCUT2D eigenvalue weighted by Gasteiger charge is 2.33. The van der Waals surface area contributed by atoms with Gasteiger partial charge in [0.25, 0.3) is 0 Å². The molecule has 7 rings (SSSR count). The molecule has 5 aromatic rings. The average Bonchev–Trinajstić information content (AvgIpc) is 3.71. The van der Waals surface area contributed by atoms with Gasteiger partial charge >= 0.3 is 6.03 Å². The van der Waals surface area contributed by atoms with Crippen LogP contribution >= 0.6 is 11.3 Å². The van der Waals surface area contributed by atoms with E-state index >= 15 is 4.39 Å². The smallest absolute Gasteiger partial charge is 0.331 e. The minimum Gasteiger partial charge on any atom is -0.453 e. The summed E-state index contributed by atoms with van der Waals surface area (Å²) in [6.45, 7) is 6.39. The molecular formula is C37H34FN5O4S. The maximum atomic E-state index is 15.3. The van der Waals surface area contributed by atoms with Crippen LogP contribution in [0.1, 0.15) is 18.1 Å². The highest BCUT2D eigenvalue weighted by molar-refractivity contribution is 7.22. The molecule has 0 saturated carbocycles. The number of pyridine rings is 1. The quantitative estimate of drug-likeness (QED) is 0.187. The van der Waals surface area contributed by atoms with E-state index in [-0.39, 0.29) is 36.6 Å². The van der Waals surface area contributed by atoms with E-state index in [9.17, 15) is 14.4 Å². The summed E-state index contributed by atoms with van der Waals surface area (Å²) >= 11 is 1.53. The second kappa shape index (κ2) is 13.5. The van der Waals surface area contributed by atoms with Crippen molar-refractivity contribution in [3.05, 3.63) is 108 Å². The van der Waals surface area contributed by atoms with Gasteiger partial charge in [-0.2, -0.15) is 0 Å². The largest absolute Gasteiger partial charge is 0.453 e. The second-order valence-electron chi connectivity index (χ2n) is 12.0. The molecule has 0 bridgehead atoms. The molecule has 0 N–H and O–H groups in total. The maximum Gasteiger partial charge on any atom is 0.331 e. The Morgan fingerprint density at radius 1 is 0.854 bits per heavy atom. The highest BCUT2D eigenvalue weighted by atomic mass is 32.1. The summed E-state index contributed by atoms with van der Waals surface area (Å²) in [5.41, 5.74) is 4.20. The number of aromatic nitrogens is 1. The van der Waals surface area contributed by atoms with Crippen molar-refractivity contribution in [2.45, 2.75) is 19.9 Å². The zero-order chi connectivity index (χ0) is 33.2. The summed E-state index contributed by atoms with van der Waals surface area (Å²) in [6.07, 6.45) is 1.54. The Bertz CT molecular complexity index is 1980. The third kappa shape index (κ3) is 6.65. The van der Waals surface area contributed by atoms with Crippen molar-refractivity contribution in [3.63, 3.8) is 0 Å². The Labute approximate surface area is 281 Å². The van der Waals surface area contributed by atoms with E-state index in [1.165, 1.54) is 33.9 Å². The standard InChI is InChI=1S/C37H34FN5O4S/c1-25(44)41-17-15-40(16-18-41)24-26-7-10-28(11-8-26)34-23-31-36(48-34)33(13-14-39-31)47-32-12-9-27(21-30(32)38)22-35(45)43-20-19-42(37(43)46)29-5-3-2-4-6-29/h2-14,21,23H,15-20,22,24H2,1H3. The molecule has 2 fully saturated rings. The summed E-state index contributed by atoms with van der Waals surface area (Å²) in [5, 5.41) is 0. The molecule has 11 heteroatoms. The number of imide groups is 1. The molecule has 0 unspecified atom stereocenters. The lowest BCUT2D eigenvalue weighted by molar-refractivity contribution is -0.130. The van der Waals surface area contributed by atoms with Gasteiger partial charge in [0.1, 0.15) is 5.75 Å². The Kier molecular flexibility index (Phi) is 8.88. The molecule has 48 heavy (non-hydrogen) atoms. The number of carbonyl (C=O) groups is 3. The van der Waals surface area contributed by atoms with Gasteiger partial charge in [-0.05, 0) is 47.0 Å². The van der Waals surface area contributed by atoms with Crippen molar-refractivity contribution >= 4 is 45.1 Å². The van der Waals surface area contributed by atoms with E-state index in [0.29, 0.717) is 17.9 Å². The fourth-order valence-corrected chi connectivity index (χ4v) is 7.20. The summed E-state index contributed by atoms with van der Waals surface area (Å²) < 4.78 is 22.1. The van der Waals surface area contributed by atoms with Gasteiger partial charge in [-0.25, -0.2) is 9.18 Å². The molecule has 244 valence electrons. The summed E-state index contributed by atoms with van der Waals surface area (Å²) in [4.78, 5) is 50.1. The summed E-state index contributed by atoms with van der Waals surface area (Å²) in [7, 11) is 0. The number of thiophene rings is 1. The molecule has 0 atom stereocenters. The number of carbonyl (C=O) groups excluding carboxylic acids is 3. The van der Waals surface area contributed by atoms with Gasteiger partial charge in [-0.15, -0.1) is 11.3 Å². The van der Waals surface area contributed by atoms with E-state index in [2.05, 4.69) is 34.1 Å². The van der Waals surface area contributed by atoms with Crippen LogP contribution in [0.15, 0.2) is 91.1 Å². The fraction of sp³-hybridized carbons (Fsp3) is 0.243. The predicted octanol–water partition coefficient (Wildman–Crippen LogP) is 6.57. The number of hydrogen-bond donors (Lipinski definition) is 0.